The van der Waals surface area contributed by atoms with Gasteiger partial charge in [0.15, 0.2) is 0 Å². The van der Waals surface area contributed by atoms with E-state index >= 15 is 0 Å². The number of hydrogen-bond donors (Lipinski definition) is 0. The highest BCUT2D eigenvalue weighted by Gasteiger charge is 2.44. The van der Waals surface area contributed by atoms with Gasteiger partial charge in [0.25, 0.3) is 0 Å². The van der Waals surface area contributed by atoms with Crippen LogP contribution in [0.25, 0.3) is 11.6 Å². The van der Waals surface area contributed by atoms with Crippen LogP contribution in [0.1, 0.15) is 74.3 Å². The highest BCUT2D eigenvalue weighted by Crippen LogP contribution is 2.57. The van der Waals surface area contributed by atoms with Crippen LogP contribution in [0, 0.1) is 11.8 Å². The molecule has 5 aliphatic carbocycles. The predicted octanol–water partition coefficient (Wildman–Crippen LogP) is 11.3. The fraction of sp³-hybridized carbons (Fsp3) is 0.239. The lowest BCUT2D eigenvalue weighted by molar-refractivity contribution is 0.516. The van der Waals surface area contributed by atoms with Crippen LogP contribution >= 0.6 is 0 Å². The maximum atomic E-state index is 3.49. The van der Waals surface area contributed by atoms with Gasteiger partial charge in [-0.25, -0.2) is 0 Å². The summed E-state index contributed by atoms with van der Waals surface area (Å²) in [5, 5.41) is 0. The molecule has 3 atom stereocenters. The molecule has 1 nitrogen and oxygen atoms in total. The van der Waals surface area contributed by atoms with Crippen LogP contribution in [0.4, 0.5) is 5.69 Å². The molecular formula is C46H41N. The smallest absolute Gasteiger partial charge is 0.0497 e. The fourth-order valence-corrected chi connectivity index (χ4v) is 9.42. The van der Waals surface area contributed by atoms with Crippen LogP contribution < -0.4 is 4.90 Å². The average Bonchev–Trinajstić information content (AvgIpc) is 3.44. The van der Waals surface area contributed by atoms with Crippen LogP contribution in [0.5, 0.6) is 0 Å². The molecule has 3 unspecified atom stereocenters. The molecular weight excluding hydrogens is 567 g/mol. The van der Waals surface area contributed by atoms with Crippen LogP contribution in [0.3, 0.4) is 0 Å². The summed E-state index contributed by atoms with van der Waals surface area (Å²) in [6.07, 6.45) is 21.8. The summed E-state index contributed by atoms with van der Waals surface area (Å²) in [7, 11) is 0. The van der Waals surface area contributed by atoms with Gasteiger partial charge in [-0.05, 0) is 112 Å². The third-order valence-corrected chi connectivity index (χ3v) is 11.5. The van der Waals surface area contributed by atoms with E-state index in [4.69, 9.17) is 0 Å². The lowest BCUT2D eigenvalue weighted by Crippen LogP contribution is -2.25. The zero-order valence-corrected chi connectivity index (χ0v) is 27.8. The zero-order chi connectivity index (χ0) is 31.9. The molecule has 6 aliphatic rings. The topological polar surface area (TPSA) is 3.24 Å². The average molecular weight is 608 g/mol. The van der Waals surface area contributed by atoms with Crippen molar-refractivity contribution in [2.24, 2.45) is 11.8 Å². The normalized spacial score (nSPS) is 27.5. The van der Waals surface area contributed by atoms with E-state index in [9.17, 15) is 0 Å². The summed E-state index contributed by atoms with van der Waals surface area (Å²) < 4.78 is 0. The molecule has 0 bridgehead atoms. The third-order valence-electron chi connectivity index (χ3n) is 11.5. The molecule has 0 aromatic heterocycles. The summed E-state index contributed by atoms with van der Waals surface area (Å²) >= 11 is 0. The van der Waals surface area contributed by atoms with Crippen molar-refractivity contribution in [2.45, 2.75) is 58.3 Å². The van der Waals surface area contributed by atoms with E-state index in [2.05, 4.69) is 154 Å². The van der Waals surface area contributed by atoms with Crippen LogP contribution in [-0.2, 0) is 11.8 Å². The third kappa shape index (κ3) is 4.23. The minimum Gasteiger partial charge on any atom is -0.313 e. The monoisotopic (exact) mass is 607 g/mol. The van der Waals surface area contributed by atoms with Crippen LogP contribution in [0.2, 0.25) is 0 Å². The highest BCUT2D eigenvalue weighted by atomic mass is 15.2. The second kappa shape index (κ2) is 10.6. The Morgan fingerprint density at radius 3 is 2.64 bits per heavy atom. The minimum absolute atomic E-state index is 0.113. The van der Waals surface area contributed by atoms with E-state index < -0.39 is 0 Å². The summed E-state index contributed by atoms with van der Waals surface area (Å²) in [6.45, 7) is 9.74. The van der Waals surface area contributed by atoms with Crippen molar-refractivity contribution in [1.29, 1.82) is 0 Å². The number of rotatable bonds is 2. The van der Waals surface area contributed by atoms with Gasteiger partial charge in [-0.2, -0.15) is 0 Å². The lowest BCUT2D eigenvalue weighted by atomic mass is 9.72. The number of nitrogens with zero attached hydrogens (tertiary/aromatic N) is 1. The Labute approximate surface area is 279 Å². The highest BCUT2D eigenvalue weighted by molar-refractivity contribution is 5.88. The van der Waals surface area contributed by atoms with E-state index in [1.165, 1.54) is 78.3 Å². The van der Waals surface area contributed by atoms with Gasteiger partial charge in [0.1, 0.15) is 0 Å². The number of allylic oxidation sites excluding steroid dienone is 13. The van der Waals surface area contributed by atoms with Gasteiger partial charge in [0, 0.05) is 39.9 Å². The summed E-state index contributed by atoms with van der Waals surface area (Å²) in [5.74, 6) is 1.09. The first-order valence-corrected chi connectivity index (χ1v) is 17.4. The molecule has 3 aromatic rings. The first-order chi connectivity index (χ1) is 22.9. The molecule has 0 saturated carbocycles. The Kier molecular flexibility index (Phi) is 6.40. The van der Waals surface area contributed by atoms with Crippen molar-refractivity contribution in [3.63, 3.8) is 0 Å². The molecule has 0 N–H and O–H groups in total. The van der Waals surface area contributed by atoms with Gasteiger partial charge in [0.05, 0.1) is 0 Å². The molecule has 0 saturated heterocycles. The van der Waals surface area contributed by atoms with Crippen molar-refractivity contribution in [3.8, 4) is 0 Å². The molecule has 3 aromatic carbocycles. The molecule has 0 spiro atoms. The van der Waals surface area contributed by atoms with Crippen molar-refractivity contribution < 1.29 is 0 Å². The molecule has 47 heavy (non-hydrogen) atoms. The Morgan fingerprint density at radius 2 is 1.72 bits per heavy atom. The Hall–Kier alpha value is -4.84. The van der Waals surface area contributed by atoms with Gasteiger partial charge < -0.3 is 4.90 Å². The van der Waals surface area contributed by atoms with E-state index in [1.807, 2.05) is 6.08 Å². The van der Waals surface area contributed by atoms with Crippen LogP contribution in [0.15, 0.2) is 160 Å². The summed E-state index contributed by atoms with van der Waals surface area (Å²) in [5.41, 5.74) is 22.9. The Morgan fingerprint density at radius 1 is 0.915 bits per heavy atom. The second-order valence-corrected chi connectivity index (χ2v) is 14.6. The van der Waals surface area contributed by atoms with E-state index in [0.717, 1.165) is 19.3 Å². The Balaban J connectivity index is 1.30. The van der Waals surface area contributed by atoms with Crippen molar-refractivity contribution in [2.75, 3.05) is 4.90 Å². The van der Waals surface area contributed by atoms with Gasteiger partial charge in [-0.1, -0.05) is 118 Å². The first-order valence-electron chi connectivity index (χ1n) is 17.4. The van der Waals surface area contributed by atoms with Gasteiger partial charge in [-0.3, -0.25) is 0 Å². The number of anilines is 1. The Bertz CT molecular complexity index is 2160. The SMILES string of the molecule is CC1=C(/C2=CC3C=CC=C=C3C=C2)C2=C(CC/C=C\1N1C3=Cc4ccccc4CC(C)C3c3ccccc31)c1ccccc1C2(C)C. The molecule has 1 aliphatic heterocycles. The summed E-state index contributed by atoms with van der Waals surface area (Å²) in [6, 6.07) is 27.4. The van der Waals surface area contributed by atoms with E-state index in [0.29, 0.717) is 11.8 Å². The number of para-hydroxylation sites is 1. The van der Waals surface area contributed by atoms with E-state index in [1.54, 1.807) is 0 Å². The van der Waals surface area contributed by atoms with Crippen molar-refractivity contribution in [1.82, 2.24) is 0 Å². The van der Waals surface area contributed by atoms with Crippen molar-refractivity contribution in [3.05, 3.63) is 188 Å². The minimum atomic E-state index is -0.113. The standard InChI is InChI=1S/C46H41N/c1-29-26-32-15-7-8-17-34(32)28-42-43(29)38-19-10-12-22-41(38)47(42)40-23-13-20-37-36-18-9-11-21-39(36)46(3,4)45(37)44(30(40)2)35-25-24-31-14-5-6-16-33(31)27-35/h5-12,15-19,21-25,27-29,33,43H,13,20,26H2,1-4H3/b40-23+,44-30+. The van der Waals surface area contributed by atoms with Gasteiger partial charge in [0.2, 0.25) is 0 Å². The zero-order valence-electron chi connectivity index (χ0n) is 27.8. The lowest BCUT2D eigenvalue weighted by Gasteiger charge is -2.34. The molecule has 0 radical (unpaired) electrons. The number of hydrogen-bond acceptors (Lipinski definition) is 1. The number of benzene rings is 3. The fourth-order valence-electron chi connectivity index (χ4n) is 9.42. The number of fused-ring (bicyclic) bond motifs is 7. The largest absolute Gasteiger partial charge is 0.313 e. The van der Waals surface area contributed by atoms with Gasteiger partial charge in [-0.15, -0.1) is 5.73 Å². The van der Waals surface area contributed by atoms with Gasteiger partial charge >= 0.3 is 0 Å². The van der Waals surface area contributed by atoms with Crippen molar-refractivity contribution >= 4 is 17.3 Å². The molecule has 0 amide bonds. The molecule has 1 heteroatoms. The van der Waals surface area contributed by atoms with Crippen LogP contribution in [-0.4, -0.2) is 0 Å². The first kappa shape index (κ1) is 28.4. The molecule has 1 heterocycles. The van der Waals surface area contributed by atoms with E-state index in [-0.39, 0.29) is 11.3 Å². The maximum Gasteiger partial charge on any atom is 0.0497 e. The quantitative estimate of drug-likeness (QED) is 0.262. The molecule has 9 rings (SSSR count). The summed E-state index contributed by atoms with van der Waals surface area (Å²) in [4.78, 5) is 2.65. The second-order valence-electron chi connectivity index (χ2n) is 14.6. The maximum absolute atomic E-state index is 3.49. The molecule has 230 valence electrons. The molecule has 0 fully saturated rings. The predicted molar refractivity (Wildman–Crippen MR) is 197 cm³/mol.